The van der Waals surface area contributed by atoms with Crippen LogP contribution in [0.4, 0.5) is 27.8 Å². The molecule has 2 aromatic rings. The van der Waals surface area contributed by atoms with Crippen molar-refractivity contribution in [2.45, 2.75) is 19.9 Å². The maximum absolute atomic E-state index is 11.6. The standard InChI is InChI=1S/C17H20N6O5/c1-3-28-17(24)21-13-9-12(15(23(26)27)16(18)20-13)19-10(2)14(22-25)11-7-5-4-6-8-11/h4-10,25H,3H2,1-2H3,(H4,18,19,20,21,24)/b22-14-/t10-/m1/s1. The number of nitrogen functional groups attached to an aromatic ring is 1. The molecule has 0 radical (unpaired) electrons. The van der Waals surface area contributed by atoms with E-state index < -0.39 is 28.6 Å². The number of carbonyl (C=O) groups excluding carboxylic acids is 1. The predicted octanol–water partition coefficient (Wildman–Crippen LogP) is 2.82. The number of hydrogen-bond donors (Lipinski definition) is 4. The first kappa shape index (κ1) is 20.4. The highest BCUT2D eigenvalue weighted by Gasteiger charge is 2.25. The van der Waals surface area contributed by atoms with Gasteiger partial charge in [0.15, 0.2) is 0 Å². The zero-order valence-corrected chi connectivity index (χ0v) is 15.2. The highest BCUT2D eigenvalue weighted by molar-refractivity contribution is 6.05. The van der Waals surface area contributed by atoms with Gasteiger partial charge in [0.2, 0.25) is 5.82 Å². The number of benzene rings is 1. The zero-order valence-electron chi connectivity index (χ0n) is 15.2. The van der Waals surface area contributed by atoms with Crippen LogP contribution < -0.4 is 16.4 Å². The van der Waals surface area contributed by atoms with Gasteiger partial charge in [0.1, 0.15) is 17.2 Å². The lowest BCUT2D eigenvalue weighted by Crippen LogP contribution is -2.28. The van der Waals surface area contributed by atoms with Crippen molar-refractivity contribution >= 4 is 34.8 Å². The minimum Gasteiger partial charge on any atom is -0.450 e. The zero-order chi connectivity index (χ0) is 20.7. The number of amides is 1. The summed E-state index contributed by atoms with van der Waals surface area (Å²) in [6, 6.07) is 9.42. The van der Waals surface area contributed by atoms with E-state index in [0.29, 0.717) is 5.56 Å². The van der Waals surface area contributed by atoms with Gasteiger partial charge in [-0.25, -0.2) is 9.78 Å². The van der Waals surface area contributed by atoms with Gasteiger partial charge in [-0.3, -0.25) is 15.4 Å². The van der Waals surface area contributed by atoms with Crippen LogP contribution in [-0.2, 0) is 4.74 Å². The number of rotatable bonds is 7. The van der Waals surface area contributed by atoms with Crippen molar-refractivity contribution in [3.8, 4) is 0 Å². The fraction of sp³-hybridized carbons (Fsp3) is 0.235. The second-order valence-corrected chi connectivity index (χ2v) is 5.61. The molecule has 0 fully saturated rings. The number of carbonyl (C=O) groups is 1. The Balaban J connectivity index is 2.37. The number of nitrogens with two attached hydrogens (primary N) is 1. The van der Waals surface area contributed by atoms with Crippen LogP contribution in [0.25, 0.3) is 0 Å². The van der Waals surface area contributed by atoms with Crippen LogP contribution in [0.3, 0.4) is 0 Å². The van der Waals surface area contributed by atoms with E-state index in [-0.39, 0.29) is 23.8 Å². The summed E-state index contributed by atoms with van der Waals surface area (Å²) in [6.07, 6.45) is -0.774. The third kappa shape index (κ3) is 4.84. The Morgan fingerprint density at radius 2 is 2.11 bits per heavy atom. The summed E-state index contributed by atoms with van der Waals surface area (Å²) in [4.78, 5) is 26.1. The SMILES string of the molecule is CCOC(=O)Nc1cc(N[C@H](C)/C(=N/O)c2ccccc2)c([N+](=O)[O-])c(N)n1. The fourth-order valence-corrected chi connectivity index (χ4v) is 2.50. The van der Waals surface area contributed by atoms with Gasteiger partial charge in [0.05, 0.1) is 17.6 Å². The molecule has 0 unspecified atom stereocenters. The van der Waals surface area contributed by atoms with E-state index in [1.807, 2.05) is 0 Å². The van der Waals surface area contributed by atoms with Crippen LogP contribution in [0, 0.1) is 10.1 Å². The Hall–Kier alpha value is -3.89. The van der Waals surface area contributed by atoms with E-state index in [4.69, 9.17) is 10.5 Å². The van der Waals surface area contributed by atoms with Gasteiger partial charge < -0.3 is 21.0 Å². The molecule has 1 amide bonds. The minimum atomic E-state index is -0.774. The van der Waals surface area contributed by atoms with E-state index in [9.17, 15) is 20.1 Å². The first-order valence-electron chi connectivity index (χ1n) is 8.30. The minimum absolute atomic E-state index is 0.00567. The molecular weight excluding hydrogens is 368 g/mol. The van der Waals surface area contributed by atoms with E-state index in [1.54, 1.807) is 44.2 Å². The van der Waals surface area contributed by atoms with Crippen LogP contribution in [0.2, 0.25) is 0 Å². The monoisotopic (exact) mass is 388 g/mol. The quantitative estimate of drug-likeness (QED) is 0.243. The number of pyridine rings is 1. The van der Waals surface area contributed by atoms with E-state index >= 15 is 0 Å². The molecule has 148 valence electrons. The van der Waals surface area contributed by atoms with E-state index in [1.165, 1.54) is 6.07 Å². The lowest BCUT2D eigenvalue weighted by Gasteiger charge is -2.18. The Morgan fingerprint density at radius 1 is 1.43 bits per heavy atom. The van der Waals surface area contributed by atoms with Gasteiger partial charge in [0, 0.05) is 11.6 Å². The van der Waals surface area contributed by atoms with Crippen molar-refractivity contribution in [1.82, 2.24) is 4.98 Å². The van der Waals surface area contributed by atoms with Gasteiger partial charge in [-0.05, 0) is 13.8 Å². The van der Waals surface area contributed by atoms with Gasteiger partial charge in [-0.2, -0.15) is 0 Å². The van der Waals surface area contributed by atoms with Crippen molar-refractivity contribution in [3.63, 3.8) is 0 Å². The average Bonchev–Trinajstić information content (AvgIpc) is 2.62. The molecule has 5 N–H and O–H groups in total. The molecule has 1 aromatic heterocycles. The molecule has 0 bridgehead atoms. The molecule has 0 saturated carbocycles. The molecule has 1 aromatic carbocycles. The fourth-order valence-electron chi connectivity index (χ4n) is 2.50. The first-order chi connectivity index (χ1) is 13.4. The van der Waals surface area contributed by atoms with Gasteiger partial charge >= 0.3 is 11.8 Å². The maximum atomic E-state index is 11.6. The summed E-state index contributed by atoms with van der Waals surface area (Å²) in [5.74, 6) is -0.422. The molecule has 2 rings (SSSR count). The number of anilines is 3. The van der Waals surface area contributed by atoms with Gasteiger partial charge in [-0.15, -0.1) is 0 Å². The summed E-state index contributed by atoms with van der Waals surface area (Å²) in [6.45, 7) is 3.43. The van der Waals surface area contributed by atoms with E-state index in [2.05, 4.69) is 20.8 Å². The summed E-state index contributed by atoms with van der Waals surface area (Å²) in [7, 11) is 0. The number of oxime groups is 1. The summed E-state index contributed by atoms with van der Waals surface area (Å²) >= 11 is 0. The molecule has 0 aliphatic heterocycles. The van der Waals surface area contributed by atoms with Crippen LogP contribution in [-0.4, -0.2) is 39.6 Å². The smallest absolute Gasteiger partial charge is 0.412 e. The highest BCUT2D eigenvalue weighted by atomic mass is 16.6. The summed E-state index contributed by atoms with van der Waals surface area (Å²) in [5.41, 5.74) is 6.11. The van der Waals surface area contributed by atoms with Crippen LogP contribution in [0.1, 0.15) is 19.4 Å². The molecule has 11 heteroatoms. The molecule has 11 nitrogen and oxygen atoms in total. The molecule has 1 atom stereocenters. The van der Waals surface area contributed by atoms with Gasteiger partial charge in [-0.1, -0.05) is 35.5 Å². The van der Waals surface area contributed by atoms with Crippen molar-refractivity contribution < 1.29 is 19.7 Å². The number of hydrogen-bond acceptors (Lipinski definition) is 9. The third-order valence-corrected chi connectivity index (χ3v) is 3.67. The first-order valence-corrected chi connectivity index (χ1v) is 8.30. The maximum Gasteiger partial charge on any atom is 0.412 e. The molecular formula is C17H20N6O5. The molecule has 0 aliphatic rings. The average molecular weight is 388 g/mol. The topological polar surface area (TPSA) is 165 Å². The van der Waals surface area contributed by atoms with Crippen molar-refractivity contribution in [1.29, 1.82) is 0 Å². The molecule has 0 saturated heterocycles. The van der Waals surface area contributed by atoms with Crippen molar-refractivity contribution in [2.24, 2.45) is 5.16 Å². The predicted molar refractivity (Wildman–Crippen MR) is 104 cm³/mol. The number of nitrogens with one attached hydrogen (secondary N) is 2. The Labute approximate surface area is 160 Å². The van der Waals surface area contributed by atoms with Crippen LogP contribution in [0.5, 0.6) is 0 Å². The molecule has 28 heavy (non-hydrogen) atoms. The van der Waals surface area contributed by atoms with Crippen LogP contribution in [0.15, 0.2) is 41.6 Å². The third-order valence-electron chi connectivity index (χ3n) is 3.67. The normalized spacial score (nSPS) is 12.1. The lowest BCUT2D eigenvalue weighted by molar-refractivity contribution is -0.383. The van der Waals surface area contributed by atoms with Crippen molar-refractivity contribution in [3.05, 3.63) is 52.1 Å². The van der Waals surface area contributed by atoms with Crippen molar-refractivity contribution in [2.75, 3.05) is 23.0 Å². The second kappa shape index (κ2) is 9.16. The molecule has 0 aliphatic carbocycles. The highest BCUT2D eigenvalue weighted by Crippen LogP contribution is 2.32. The summed E-state index contributed by atoms with van der Waals surface area (Å²) in [5, 5.41) is 29.3. The molecule has 0 spiro atoms. The largest absolute Gasteiger partial charge is 0.450 e. The Kier molecular flexibility index (Phi) is 6.68. The molecule has 1 heterocycles. The Bertz CT molecular complexity index is 887. The van der Waals surface area contributed by atoms with E-state index in [0.717, 1.165) is 0 Å². The summed E-state index contributed by atoms with van der Waals surface area (Å²) < 4.78 is 4.76. The number of nitrogens with zero attached hydrogens (tertiary/aromatic N) is 3. The lowest BCUT2D eigenvalue weighted by atomic mass is 10.0. The second-order valence-electron chi connectivity index (χ2n) is 5.61. The number of ether oxygens (including phenoxy) is 1. The van der Waals surface area contributed by atoms with Crippen LogP contribution >= 0.6 is 0 Å². The number of nitro groups is 1. The number of aromatic nitrogens is 1. The van der Waals surface area contributed by atoms with Gasteiger partial charge in [0.25, 0.3) is 0 Å². The Morgan fingerprint density at radius 3 is 2.68 bits per heavy atom.